The molecule has 1 rings (SSSR count). The summed E-state index contributed by atoms with van der Waals surface area (Å²) in [6.45, 7) is 4.88. The van der Waals surface area contributed by atoms with Crippen molar-refractivity contribution in [2.45, 2.75) is 276 Å². The molecule has 0 saturated heterocycles. The zero-order valence-electron chi connectivity index (χ0n) is 42.5. The van der Waals surface area contributed by atoms with Gasteiger partial charge in [-0.1, -0.05) is 218 Å². The Kier molecular flexibility index (Phi) is 47.6. The molecule has 0 bridgehead atoms. The van der Waals surface area contributed by atoms with Crippen LogP contribution in [-0.2, 0) is 19.6 Å². The van der Waals surface area contributed by atoms with E-state index in [4.69, 9.17) is 9.47 Å². The van der Waals surface area contributed by atoms with Gasteiger partial charge in [0.05, 0.1) is 29.2 Å². The number of carbonyl (C=O) groups excluding carboxylic acids is 2. The zero-order valence-corrected chi connectivity index (χ0v) is 46.4. The van der Waals surface area contributed by atoms with Gasteiger partial charge in [0.1, 0.15) is 10.1 Å². The summed E-state index contributed by atoms with van der Waals surface area (Å²) in [4.78, 5) is 25.4. The number of benzene rings is 1. The SMILES string of the molecule is CCCCCCCCCCCCCCCCC/C=C/CCCCCOC(=O)c1ccc(S(=O)(=O)[O-])cc1C(=O)OCCCCC/C=C/CCCCCCCCCCCCCCCCC.[K+]. The fraction of sp³-hybridized carbons (Fsp3) is 0.786. The first-order valence-corrected chi connectivity index (χ1v) is 28.5. The van der Waals surface area contributed by atoms with Gasteiger partial charge in [0.2, 0.25) is 0 Å². The molecule has 0 atom stereocenters. The predicted octanol–water partition coefficient (Wildman–Crippen LogP) is 14.7. The standard InChI is InChI=1S/C56H98O7S.K/c1-3-5-7-9-11-13-15-17-19-21-23-25-27-29-31-33-35-37-39-41-43-45-49-62-55(57)53-48-47-52(64(59,60)61)51-54(53)56(58)63-50-46-44-42-40-38-36-34-32-30-28-26-24-22-20-18-16-14-12-10-8-6-4-2;/h35-38,47-48,51H,3-34,39-46,49-50H2,1-2H3,(H,59,60,61);/q;+1/p-1/b37-35+,38-36+;. The number of hydrogen-bond acceptors (Lipinski definition) is 7. The molecule has 0 saturated carbocycles. The smallest absolute Gasteiger partial charge is 0.744 e. The molecule has 0 radical (unpaired) electrons. The monoisotopic (exact) mass is 953 g/mol. The van der Waals surface area contributed by atoms with Crippen LogP contribution in [-0.4, -0.2) is 38.1 Å². The fourth-order valence-corrected chi connectivity index (χ4v) is 8.83. The van der Waals surface area contributed by atoms with Crippen LogP contribution in [0.1, 0.15) is 291 Å². The van der Waals surface area contributed by atoms with E-state index < -0.39 is 27.0 Å². The second-order valence-electron chi connectivity index (χ2n) is 18.6. The molecule has 0 fully saturated rings. The third-order valence-electron chi connectivity index (χ3n) is 12.5. The molecule has 65 heavy (non-hydrogen) atoms. The zero-order chi connectivity index (χ0) is 46.4. The van der Waals surface area contributed by atoms with Gasteiger partial charge in [0, 0.05) is 0 Å². The Labute approximate surface area is 443 Å². The van der Waals surface area contributed by atoms with E-state index in [1.165, 1.54) is 199 Å². The summed E-state index contributed by atoms with van der Waals surface area (Å²) in [7, 11) is -4.83. The van der Waals surface area contributed by atoms with Gasteiger partial charge >= 0.3 is 63.3 Å². The van der Waals surface area contributed by atoms with Gasteiger partial charge in [-0.15, -0.1) is 0 Å². The van der Waals surface area contributed by atoms with E-state index in [1.54, 1.807) is 0 Å². The van der Waals surface area contributed by atoms with Crippen LogP contribution in [0, 0.1) is 0 Å². The first-order valence-electron chi connectivity index (χ1n) is 27.0. The molecule has 370 valence electrons. The van der Waals surface area contributed by atoms with Crippen LogP contribution in [0.15, 0.2) is 47.4 Å². The van der Waals surface area contributed by atoms with Crippen molar-refractivity contribution in [3.05, 3.63) is 53.6 Å². The molecule has 0 amide bonds. The van der Waals surface area contributed by atoms with Crippen molar-refractivity contribution >= 4 is 22.1 Å². The van der Waals surface area contributed by atoms with Crippen LogP contribution in [0.2, 0.25) is 0 Å². The fourth-order valence-electron chi connectivity index (χ4n) is 8.33. The number of esters is 2. The average Bonchev–Trinajstić information content (AvgIpc) is 3.28. The normalized spacial score (nSPS) is 11.7. The second kappa shape index (κ2) is 48.2. The minimum absolute atomic E-state index is 0. The van der Waals surface area contributed by atoms with E-state index in [0.717, 1.165) is 63.5 Å². The topological polar surface area (TPSA) is 110 Å². The average molecular weight is 954 g/mol. The molecule has 0 aromatic heterocycles. The van der Waals surface area contributed by atoms with Crippen molar-refractivity contribution in [2.24, 2.45) is 0 Å². The van der Waals surface area contributed by atoms with Crippen LogP contribution < -0.4 is 51.4 Å². The van der Waals surface area contributed by atoms with Gasteiger partial charge in [-0.25, -0.2) is 18.0 Å². The molecule has 0 aliphatic heterocycles. The van der Waals surface area contributed by atoms with Gasteiger partial charge in [0.15, 0.2) is 0 Å². The van der Waals surface area contributed by atoms with Gasteiger partial charge in [0.25, 0.3) is 0 Å². The first-order chi connectivity index (χ1) is 31.3. The number of rotatable bonds is 47. The maximum absolute atomic E-state index is 13.0. The number of allylic oxidation sites excluding steroid dienone is 4. The van der Waals surface area contributed by atoms with Crippen LogP contribution >= 0.6 is 0 Å². The van der Waals surface area contributed by atoms with Gasteiger partial charge in [-0.05, 0) is 95.2 Å². The van der Waals surface area contributed by atoms with Crippen molar-refractivity contribution < 1.29 is 83.4 Å². The van der Waals surface area contributed by atoms with E-state index >= 15 is 0 Å². The Morgan fingerprint density at radius 1 is 0.415 bits per heavy atom. The molecule has 1 aromatic carbocycles. The summed E-state index contributed by atoms with van der Waals surface area (Å²) >= 11 is 0. The molecule has 7 nitrogen and oxygen atoms in total. The summed E-state index contributed by atoms with van der Waals surface area (Å²) in [5, 5.41) is 0. The minimum atomic E-state index is -4.83. The van der Waals surface area contributed by atoms with E-state index in [0.29, 0.717) is 12.8 Å². The number of carbonyl (C=O) groups is 2. The number of hydrogen-bond donors (Lipinski definition) is 0. The van der Waals surface area contributed by atoms with Crippen molar-refractivity contribution in [3.8, 4) is 0 Å². The van der Waals surface area contributed by atoms with Crippen molar-refractivity contribution in [1.29, 1.82) is 0 Å². The Morgan fingerprint density at radius 3 is 0.969 bits per heavy atom. The first kappa shape index (κ1) is 64.2. The molecule has 9 heteroatoms. The summed E-state index contributed by atoms with van der Waals surface area (Å²) in [6, 6.07) is 3.13. The molecule has 0 spiro atoms. The predicted molar refractivity (Wildman–Crippen MR) is 269 cm³/mol. The summed E-state index contributed by atoms with van der Waals surface area (Å²) in [5.41, 5.74) is -0.360. The van der Waals surface area contributed by atoms with Crippen molar-refractivity contribution in [1.82, 2.24) is 0 Å². The van der Waals surface area contributed by atoms with E-state index in [1.807, 2.05) is 0 Å². The number of unbranched alkanes of at least 4 members (excludes halogenated alkanes) is 36. The van der Waals surface area contributed by atoms with Crippen molar-refractivity contribution in [3.63, 3.8) is 0 Å². The largest absolute Gasteiger partial charge is 1.00 e. The summed E-state index contributed by atoms with van der Waals surface area (Å²) in [5.74, 6) is -1.57. The molecular weight excluding hydrogens is 856 g/mol. The van der Waals surface area contributed by atoms with E-state index in [2.05, 4.69) is 38.2 Å². The van der Waals surface area contributed by atoms with Crippen LogP contribution in [0.5, 0.6) is 0 Å². The van der Waals surface area contributed by atoms with Crippen LogP contribution in [0.4, 0.5) is 0 Å². The molecular formula is C56H97KO7S. The Hall–Kier alpha value is -0.814. The molecule has 0 aliphatic rings. The summed E-state index contributed by atoms with van der Waals surface area (Å²) < 4.78 is 46.0. The molecule has 0 aliphatic carbocycles. The minimum Gasteiger partial charge on any atom is -0.744 e. The maximum atomic E-state index is 13.0. The Morgan fingerprint density at radius 2 is 0.677 bits per heavy atom. The molecule has 0 heterocycles. The van der Waals surface area contributed by atoms with Crippen molar-refractivity contribution in [2.75, 3.05) is 13.2 Å². The number of ether oxygens (including phenoxy) is 2. The van der Waals surface area contributed by atoms with E-state index in [9.17, 15) is 22.6 Å². The summed E-state index contributed by atoms with van der Waals surface area (Å²) in [6.07, 6.45) is 59.7. The molecule has 0 unspecified atom stereocenters. The quantitative estimate of drug-likeness (QED) is 0.0210. The van der Waals surface area contributed by atoms with Crippen LogP contribution in [0.25, 0.3) is 0 Å². The Bertz CT molecular complexity index is 1410. The molecule has 0 N–H and O–H groups in total. The van der Waals surface area contributed by atoms with Gasteiger partial charge in [-0.3, -0.25) is 0 Å². The maximum Gasteiger partial charge on any atom is 1.00 e. The van der Waals surface area contributed by atoms with Crippen LogP contribution in [0.3, 0.4) is 0 Å². The molecule has 1 aromatic rings. The van der Waals surface area contributed by atoms with Gasteiger partial charge < -0.3 is 14.0 Å². The second-order valence-corrected chi connectivity index (χ2v) is 19.9. The van der Waals surface area contributed by atoms with Gasteiger partial charge in [-0.2, -0.15) is 0 Å². The Balaban J connectivity index is 0.0000410. The third-order valence-corrected chi connectivity index (χ3v) is 13.3. The third kappa shape index (κ3) is 40.8. The van der Waals surface area contributed by atoms with E-state index in [-0.39, 0.29) is 75.7 Å².